The fourth-order valence-electron chi connectivity index (χ4n) is 1.74. The van der Waals surface area contributed by atoms with Crippen LogP contribution in [0, 0.1) is 0 Å². The number of benzene rings is 1. The third-order valence-electron chi connectivity index (χ3n) is 2.66. The van der Waals surface area contributed by atoms with Gasteiger partial charge in [0, 0.05) is 36.2 Å². The van der Waals surface area contributed by atoms with Crippen molar-refractivity contribution in [3.05, 3.63) is 36.2 Å². The predicted octanol–water partition coefficient (Wildman–Crippen LogP) is 2.30. The highest BCUT2D eigenvalue weighted by molar-refractivity contribution is 5.58. The van der Waals surface area contributed by atoms with Gasteiger partial charge in [-0.2, -0.15) is 0 Å². The van der Waals surface area contributed by atoms with Crippen LogP contribution in [0.15, 0.2) is 30.6 Å². The summed E-state index contributed by atoms with van der Waals surface area (Å²) in [7, 11) is 0. The molecule has 0 aliphatic carbocycles. The first kappa shape index (κ1) is 13.3. The highest BCUT2D eigenvalue weighted by Gasteiger charge is 2.12. The third kappa shape index (κ3) is 3.64. The lowest BCUT2D eigenvalue weighted by atomic mass is 10.1. The van der Waals surface area contributed by atoms with E-state index in [1.165, 1.54) is 6.07 Å². The molecule has 1 heterocycles. The normalized spacial score (nSPS) is 10.9. The molecule has 5 nitrogen and oxygen atoms in total. The fourth-order valence-corrected chi connectivity index (χ4v) is 1.74. The van der Waals surface area contributed by atoms with Gasteiger partial charge in [-0.3, -0.25) is 4.68 Å². The number of hydrogen-bond acceptors (Lipinski definition) is 4. The van der Waals surface area contributed by atoms with Crippen LogP contribution in [-0.2, 0) is 6.54 Å². The first-order valence-electron chi connectivity index (χ1n) is 5.92. The summed E-state index contributed by atoms with van der Waals surface area (Å²) in [5.74, 6) is 0. The summed E-state index contributed by atoms with van der Waals surface area (Å²) in [5, 5.41) is 10.5. The van der Waals surface area contributed by atoms with Crippen molar-refractivity contribution in [3.63, 3.8) is 0 Å². The molecular weight excluding hydrogens is 252 g/mol. The minimum atomic E-state index is -2.54. The fraction of sp³-hybridized carbons (Fsp3) is 0.333. The summed E-state index contributed by atoms with van der Waals surface area (Å²) >= 11 is 0. The second kappa shape index (κ2) is 6.12. The molecule has 0 bridgehead atoms. The van der Waals surface area contributed by atoms with Gasteiger partial charge in [0.25, 0.3) is 6.43 Å². The highest BCUT2D eigenvalue weighted by atomic mass is 19.3. The number of alkyl halides is 2. The molecule has 1 aromatic heterocycles. The predicted molar refractivity (Wildman–Crippen MR) is 68.9 cm³/mol. The van der Waals surface area contributed by atoms with Gasteiger partial charge in [0.1, 0.15) is 0 Å². The molecule has 0 radical (unpaired) electrons. The molecule has 0 spiro atoms. The van der Waals surface area contributed by atoms with Crippen molar-refractivity contribution in [2.24, 2.45) is 0 Å². The van der Waals surface area contributed by atoms with Crippen LogP contribution < -0.4 is 11.1 Å². The number of halogens is 2. The lowest BCUT2D eigenvalue weighted by Gasteiger charge is -2.12. The number of hydrogen-bond donors (Lipinski definition) is 2. The van der Waals surface area contributed by atoms with Gasteiger partial charge in [-0.15, -0.1) is 5.10 Å². The van der Waals surface area contributed by atoms with E-state index >= 15 is 0 Å². The van der Waals surface area contributed by atoms with Crippen LogP contribution in [0.4, 0.5) is 20.2 Å². The molecule has 3 N–H and O–H groups in total. The molecule has 2 rings (SSSR count). The second-order valence-corrected chi connectivity index (χ2v) is 4.09. The van der Waals surface area contributed by atoms with Gasteiger partial charge in [0.2, 0.25) is 0 Å². The first-order chi connectivity index (χ1) is 9.16. The van der Waals surface area contributed by atoms with E-state index in [0.717, 1.165) is 6.42 Å². The third-order valence-corrected chi connectivity index (χ3v) is 2.66. The number of rotatable bonds is 6. The largest absolute Gasteiger partial charge is 0.399 e. The molecule has 0 aliphatic heterocycles. The number of aromatic nitrogens is 3. The average Bonchev–Trinajstić information content (AvgIpc) is 2.89. The molecule has 0 unspecified atom stereocenters. The Kier molecular flexibility index (Phi) is 4.27. The lowest BCUT2D eigenvalue weighted by Crippen LogP contribution is -2.09. The van der Waals surface area contributed by atoms with Crippen molar-refractivity contribution in [1.82, 2.24) is 15.0 Å². The Morgan fingerprint density at radius 3 is 2.89 bits per heavy atom. The molecule has 0 atom stereocenters. The van der Waals surface area contributed by atoms with Gasteiger partial charge in [0.05, 0.1) is 6.20 Å². The maximum absolute atomic E-state index is 12.8. The zero-order valence-corrected chi connectivity index (χ0v) is 10.3. The summed E-state index contributed by atoms with van der Waals surface area (Å²) in [6, 6.07) is 4.47. The summed E-state index contributed by atoms with van der Waals surface area (Å²) in [6.07, 6.45) is 1.58. The zero-order chi connectivity index (χ0) is 13.7. The van der Waals surface area contributed by atoms with E-state index in [1.54, 1.807) is 29.2 Å². The van der Waals surface area contributed by atoms with Crippen LogP contribution in [-0.4, -0.2) is 21.5 Å². The molecule has 2 aromatic rings. The summed E-state index contributed by atoms with van der Waals surface area (Å²) < 4.78 is 27.3. The number of nitrogens with one attached hydrogen (secondary N) is 1. The first-order valence-corrected chi connectivity index (χ1v) is 5.92. The standard InChI is InChI=1S/C12H15F2N5/c13-12(14)10-8-9(15)2-3-11(10)16-4-1-6-19-7-5-17-18-19/h2-3,5,7-8,12,16H,1,4,6,15H2. The van der Waals surface area contributed by atoms with Gasteiger partial charge < -0.3 is 11.1 Å². The summed E-state index contributed by atoms with van der Waals surface area (Å²) in [5.41, 5.74) is 6.19. The highest BCUT2D eigenvalue weighted by Crippen LogP contribution is 2.28. The Hall–Kier alpha value is -2.18. The van der Waals surface area contributed by atoms with Crippen molar-refractivity contribution in [3.8, 4) is 0 Å². The average molecular weight is 267 g/mol. The van der Waals surface area contributed by atoms with Crippen molar-refractivity contribution in [1.29, 1.82) is 0 Å². The van der Waals surface area contributed by atoms with E-state index in [9.17, 15) is 8.78 Å². The smallest absolute Gasteiger partial charge is 0.265 e. The molecular formula is C12H15F2N5. The summed E-state index contributed by atoms with van der Waals surface area (Å²) in [6.45, 7) is 1.26. The topological polar surface area (TPSA) is 68.8 Å². The Bertz CT molecular complexity index is 513. The van der Waals surface area contributed by atoms with E-state index in [1.807, 2.05) is 0 Å². The minimum absolute atomic E-state index is 0.0687. The van der Waals surface area contributed by atoms with E-state index in [0.29, 0.717) is 24.5 Å². The van der Waals surface area contributed by atoms with E-state index in [2.05, 4.69) is 15.6 Å². The molecule has 0 saturated carbocycles. The van der Waals surface area contributed by atoms with Gasteiger partial charge >= 0.3 is 0 Å². The maximum Gasteiger partial charge on any atom is 0.265 e. The molecule has 1 aromatic carbocycles. The van der Waals surface area contributed by atoms with Crippen LogP contribution in [0.3, 0.4) is 0 Å². The van der Waals surface area contributed by atoms with E-state index in [4.69, 9.17) is 5.73 Å². The molecule has 0 amide bonds. The van der Waals surface area contributed by atoms with Gasteiger partial charge in [-0.1, -0.05) is 5.21 Å². The monoisotopic (exact) mass is 267 g/mol. The maximum atomic E-state index is 12.8. The van der Waals surface area contributed by atoms with E-state index < -0.39 is 6.43 Å². The second-order valence-electron chi connectivity index (χ2n) is 4.09. The van der Waals surface area contributed by atoms with Crippen molar-refractivity contribution >= 4 is 11.4 Å². The Balaban J connectivity index is 1.88. The van der Waals surface area contributed by atoms with Crippen molar-refractivity contribution < 1.29 is 8.78 Å². The lowest BCUT2D eigenvalue weighted by molar-refractivity contribution is 0.152. The molecule has 0 saturated heterocycles. The van der Waals surface area contributed by atoms with Gasteiger partial charge in [-0.25, -0.2) is 8.78 Å². The Morgan fingerprint density at radius 1 is 1.37 bits per heavy atom. The quantitative estimate of drug-likeness (QED) is 0.622. The molecule has 0 fully saturated rings. The van der Waals surface area contributed by atoms with Crippen LogP contribution >= 0.6 is 0 Å². The van der Waals surface area contributed by atoms with Crippen LogP contribution in [0.25, 0.3) is 0 Å². The molecule has 102 valence electrons. The molecule has 7 heteroatoms. The van der Waals surface area contributed by atoms with Gasteiger partial charge in [-0.05, 0) is 24.6 Å². The van der Waals surface area contributed by atoms with Crippen molar-refractivity contribution in [2.75, 3.05) is 17.6 Å². The number of nitrogens with zero attached hydrogens (tertiary/aromatic N) is 3. The van der Waals surface area contributed by atoms with Crippen LogP contribution in [0.5, 0.6) is 0 Å². The number of aryl methyl sites for hydroxylation is 1. The van der Waals surface area contributed by atoms with Crippen LogP contribution in [0.2, 0.25) is 0 Å². The van der Waals surface area contributed by atoms with Crippen molar-refractivity contribution in [2.45, 2.75) is 19.4 Å². The number of anilines is 2. The van der Waals surface area contributed by atoms with E-state index in [-0.39, 0.29) is 5.56 Å². The SMILES string of the molecule is Nc1ccc(NCCCn2ccnn2)c(C(F)F)c1. The van der Waals surface area contributed by atoms with Gasteiger partial charge in [0.15, 0.2) is 0 Å². The number of nitrogens with two attached hydrogens (primary N) is 1. The molecule has 19 heavy (non-hydrogen) atoms. The number of nitrogen functional groups attached to an aromatic ring is 1. The summed E-state index contributed by atoms with van der Waals surface area (Å²) in [4.78, 5) is 0. The van der Waals surface area contributed by atoms with Crippen LogP contribution in [0.1, 0.15) is 18.4 Å². The Morgan fingerprint density at radius 2 is 2.21 bits per heavy atom. The molecule has 0 aliphatic rings. The Labute approximate surface area is 109 Å². The zero-order valence-electron chi connectivity index (χ0n) is 10.3. The minimum Gasteiger partial charge on any atom is -0.399 e.